The van der Waals surface area contributed by atoms with Crippen LogP contribution in [0.1, 0.15) is 41.1 Å². The van der Waals surface area contributed by atoms with E-state index in [1.165, 1.54) is 6.20 Å². The first-order valence-electron chi connectivity index (χ1n) is 10.6. The van der Waals surface area contributed by atoms with Gasteiger partial charge >= 0.3 is 5.97 Å². The lowest BCUT2D eigenvalue weighted by Gasteiger charge is -2.38. The first-order valence-corrected chi connectivity index (χ1v) is 11.5. The van der Waals surface area contributed by atoms with Crippen LogP contribution in [0.4, 0.5) is 0 Å². The van der Waals surface area contributed by atoms with Crippen molar-refractivity contribution in [2.45, 2.75) is 42.2 Å². The zero-order valence-electron chi connectivity index (χ0n) is 17.9. The normalized spacial score (nSPS) is 23.8. The molecule has 0 unspecified atom stereocenters. The molecule has 9 heteroatoms. The Morgan fingerprint density at radius 1 is 1.18 bits per heavy atom. The van der Waals surface area contributed by atoms with Crippen molar-refractivity contribution >= 4 is 29.9 Å². The number of hydrogen-bond acceptors (Lipinski definition) is 7. The van der Waals surface area contributed by atoms with Crippen molar-refractivity contribution in [2.24, 2.45) is 0 Å². The zero-order chi connectivity index (χ0) is 23.0. The molecule has 0 radical (unpaired) electrons. The van der Waals surface area contributed by atoms with Crippen LogP contribution < -0.4 is 0 Å². The summed E-state index contributed by atoms with van der Waals surface area (Å²) in [5, 5.41) is 7.73. The van der Waals surface area contributed by atoms with E-state index in [1.807, 2.05) is 67.6 Å². The Labute approximate surface area is 194 Å². The Morgan fingerprint density at radius 3 is 2.36 bits per heavy atom. The maximum absolute atomic E-state index is 13.7. The molecule has 3 heterocycles. The van der Waals surface area contributed by atoms with Crippen molar-refractivity contribution in [3.63, 3.8) is 0 Å². The Kier molecular flexibility index (Phi) is 5.49. The van der Waals surface area contributed by atoms with Crippen molar-refractivity contribution in [1.29, 1.82) is 0 Å². The molecule has 1 amide bonds. The highest BCUT2D eigenvalue weighted by molar-refractivity contribution is 8.01. The maximum atomic E-state index is 13.7. The number of aromatic nitrogens is 3. The van der Waals surface area contributed by atoms with Crippen molar-refractivity contribution in [3.05, 3.63) is 83.7 Å². The number of β-lactam (4-membered cyclic amide) rings is 1. The summed E-state index contributed by atoms with van der Waals surface area (Å²) in [6.45, 7) is 2.23. The number of fused-ring (bicyclic) bond motifs is 1. The first kappa shape index (κ1) is 21.4. The van der Waals surface area contributed by atoms with Crippen LogP contribution in [-0.4, -0.2) is 54.2 Å². The molecule has 2 fully saturated rings. The summed E-state index contributed by atoms with van der Waals surface area (Å²) in [6, 6.07) is 18.3. The number of nitrogens with zero attached hydrogens (tertiary/aromatic N) is 4. The summed E-state index contributed by atoms with van der Waals surface area (Å²) in [5.41, 5.74) is 1.92. The third-order valence-corrected chi connectivity index (χ3v) is 7.58. The van der Waals surface area contributed by atoms with Gasteiger partial charge in [-0.1, -0.05) is 65.9 Å². The van der Waals surface area contributed by atoms with Gasteiger partial charge in [0.2, 0.25) is 5.91 Å². The van der Waals surface area contributed by atoms with Gasteiger partial charge in [-0.05, 0) is 18.1 Å². The van der Waals surface area contributed by atoms with Crippen LogP contribution in [0.15, 0.2) is 66.9 Å². The molecule has 168 valence electrons. The number of rotatable bonds is 7. The van der Waals surface area contributed by atoms with Gasteiger partial charge in [0.1, 0.15) is 11.7 Å². The van der Waals surface area contributed by atoms with Crippen LogP contribution in [-0.2, 0) is 20.9 Å². The number of benzene rings is 2. The molecule has 5 rings (SSSR count). The minimum atomic E-state index is -0.785. The van der Waals surface area contributed by atoms with E-state index < -0.39 is 22.9 Å². The van der Waals surface area contributed by atoms with Crippen molar-refractivity contribution in [2.75, 3.05) is 0 Å². The maximum Gasteiger partial charge on any atom is 0.331 e. The molecule has 1 aromatic heterocycles. The van der Waals surface area contributed by atoms with Crippen LogP contribution in [0, 0.1) is 0 Å². The van der Waals surface area contributed by atoms with E-state index in [0.717, 1.165) is 11.1 Å². The first-order chi connectivity index (χ1) is 16.0. The third-order valence-electron chi connectivity index (χ3n) is 6.02. The number of carbonyl (C=O) groups excluding carboxylic acids is 3. The van der Waals surface area contributed by atoms with E-state index >= 15 is 0 Å². The Bertz CT molecular complexity index is 1150. The number of aldehydes is 1. The summed E-state index contributed by atoms with van der Waals surface area (Å²) >= 11 is 1.56. The van der Waals surface area contributed by atoms with Crippen LogP contribution in [0.5, 0.6) is 0 Å². The predicted molar refractivity (Wildman–Crippen MR) is 121 cm³/mol. The summed E-state index contributed by atoms with van der Waals surface area (Å²) in [5.74, 6) is -0.532. The highest BCUT2D eigenvalue weighted by atomic mass is 32.2. The van der Waals surface area contributed by atoms with Gasteiger partial charge in [0.25, 0.3) is 0 Å². The van der Waals surface area contributed by atoms with Gasteiger partial charge in [-0.2, -0.15) is 0 Å². The molecular weight excluding hydrogens is 440 g/mol. The molecule has 0 N–H and O–H groups in total. The van der Waals surface area contributed by atoms with E-state index in [4.69, 9.17) is 4.74 Å². The fraction of sp³-hybridized carbons (Fsp3) is 0.292. The molecule has 2 aliphatic heterocycles. The number of ether oxygens (including phenoxy) is 1. The molecule has 8 nitrogen and oxygen atoms in total. The molecule has 2 aliphatic rings. The fourth-order valence-corrected chi connectivity index (χ4v) is 6.24. The van der Waals surface area contributed by atoms with E-state index in [-0.39, 0.29) is 17.0 Å². The molecule has 0 saturated carbocycles. The standard InChI is InChI=1S/C24H22N4O4S/c1-24(15-27-13-18(14-29)25-26-27)22(28-19(30)12-20(28)33-24)23(31)32-21(16-8-4-2-5-9-16)17-10-6-3-7-11-17/h2-11,13-14,20-22H,12,15H2,1H3/t20-,22+,24+/m1/s1. The largest absolute Gasteiger partial charge is 0.451 e. The highest BCUT2D eigenvalue weighted by Crippen LogP contribution is 2.52. The SMILES string of the molecule is C[C@@]1(Cn2cc(C=O)nn2)S[C@@H]2CC(=O)N2[C@H]1C(=O)OC(c1ccccc1)c1ccccc1. The molecule has 0 aliphatic carbocycles. The minimum Gasteiger partial charge on any atom is -0.451 e. The lowest BCUT2D eigenvalue weighted by molar-refractivity contribution is -0.164. The second-order valence-electron chi connectivity index (χ2n) is 8.39. The molecule has 0 spiro atoms. The molecule has 0 bridgehead atoms. The number of amides is 1. The molecule has 2 aromatic carbocycles. The summed E-state index contributed by atoms with van der Waals surface area (Å²) in [6.07, 6.45) is 1.95. The van der Waals surface area contributed by atoms with Gasteiger partial charge < -0.3 is 9.64 Å². The lowest BCUT2D eigenvalue weighted by Crippen LogP contribution is -2.58. The minimum absolute atomic E-state index is 0.0682. The Balaban J connectivity index is 1.46. The summed E-state index contributed by atoms with van der Waals surface area (Å²) < 4.78 is 6.97. The molecule has 3 atom stereocenters. The Morgan fingerprint density at radius 2 is 1.82 bits per heavy atom. The van der Waals surface area contributed by atoms with Crippen LogP contribution in [0.3, 0.4) is 0 Å². The zero-order valence-corrected chi connectivity index (χ0v) is 18.7. The molecular formula is C24H22N4O4S. The fourth-order valence-electron chi connectivity index (χ4n) is 4.50. The summed E-state index contributed by atoms with van der Waals surface area (Å²) in [4.78, 5) is 38.8. The van der Waals surface area contributed by atoms with E-state index in [9.17, 15) is 14.4 Å². The van der Waals surface area contributed by atoms with Gasteiger partial charge in [0.05, 0.1) is 29.3 Å². The number of thioether (sulfide) groups is 1. The quantitative estimate of drug-likeness (QED) is 0.303. The average Bonchev–Trinajstić information content (AvgIpc) is 3.37. The summed E-state index contributed by atoms with van der Waals surface area (Å²) in [7, 11) is 0. The number of esters is 1. The number of hydrogen-bond donors (Lipinski definition) is 0. The van der Waals surface area contributed by atoms with E-state index in [2.05, 4.69) is 10.3 Å². The lowest BCUT2D eigenvalue weighted by atomic mass is 9.95. The smallest absolute Gasteiger partial charge is 0.331 e. The van der Waals surface area contributed by atoms with Crippen molar-refractivity contribution in [1.82, 2.24) is 19.9 Å². The molecule has 2 saturated heterocycles. The predicted octanol–water partition coefficient (Wildman–Crippen LogP) is 2.86. The average molecular weight is 463 g/mol. The highest BCUT2D eigenvalue weighted by Gasteiger charge is 2.61. The van der Waals surface area contributed by atoms with Crippen molar-refractivity contribution in [3.8, 4) is 0 Å². The second-order valence-corrected chi connectivity index (χ2v) is 10.1. The van der Waals surface area contributed by atoms with Gasteiger partial charge in [-0.15, -0.1) is 16.9 Å². The van der Waals surface area contributed by atoms with E-state index in [1.54, 1.807) is 21.3 Å². The van der Waals surface area contributed by atoms with Gasteiger partial charge in [0, 0.05) is 0 Å². The topological polar surface area (TPSA) is 94.4 Å². The molecule has 33 heavy (non-hydrogen) atoms. The van der Waals surface area contributed by atoms with Crippen molar-refractivity contribution < 1.29 is 19.1 Å². The Hall–Kier alpha value is -3.46. The van der Waals surface area contributed by atoms with Gasteiger partial charge in [0.15, 0.2) is 12.4 Å². The number of carbonyl (C=O) groups is 3. The monoisotopic (exact) mass is 462 g/mol. The molecule has 3 aromatic rings. The van der Waals surface area contributed by atoms with E-state index in [0.29, 0.717) is 19.3 Å². The second kappa shape index (κ2) is 8.47. The van der Waals surface area contributed by atoms with Gasteiger partial charge in [-0.25, -0.2) is 4.79 Å². The van der Waals surface area contributed by atoms with Gasteiger partial charge in [-0.3, -0.25) is 14.3 Å². The van der Waals surface area contributed by atoms with Crippen LogP contribution >= 0.6 is 11.8 Å². The van der Waals surface area contributed by atoms with Crippen LogP contribution in [0.25, 0.3) is 0 Å². The van der Waals surface area contributed by atoms with Crippen LogP contribution in [0.2, 0.25) is 0 Å². The third kappa shape index (κ3) is 3.93.